The predicted molar refractivity (Wildman–Crippen MR) is 107 cm³/mol. The van der Waals surface area contributed by atoms with Crippen molar-refractivity contribution in [3.05, 3.63) is 54.1 Å². The van der Waals surface area contributed by atoms with Crippen LogP contribution in [0.3, 0.4) is 0 Å². The van der Waals surface area contributed by atoms with E-state index < -0.39 is 0 Å². The lowest BCUT2D eigenvalue weighted by molar-refractivity contribution is 1.45. The minimum Gasteiger partial charge on any atom is -0.139 e. The second kappa shape index (κ2) is 6.23. The van der Waals surface area contributed by atoms with Gasteiger partial charge in [-0.1, -0.05) is 24.3 Å². The van der Waals surface area contributed by atoms with Crippen LogP contribution in [0.25, 0.3) is 20.9 Å². The van der Waals surface area contributed by atoms with E-state index >= 15 is 0 Å². The van der Waals surface area contributed by atoms with Gasteiger partial charge in [0.1, 0.15) is 0 Å². The summed E-state index contributed by atoms with van der Waals surface area (Å²) in [5.41, 5.74) is 5.26. The molecule has 0 radical (unpaired) electrons. The monoisotopic (exact) mass is 454 g/mol. The smallest absolute Gasteiger partial charge is 0.0386 e. The molecule has 0 N–H and O–H groups in total. The molecule has 0 atom stereocenters. The Morgan fingerprint density at radius 2 is 0.955 bits per heavy atom. The third kappa shape index (κ3) is 2.75. The molecule has 0 nitrogen and oxygen atoms in total. The zero-order valence-corrected chi connectivity index (χ0v) is 17.7. The van der Waals surface area contributed by atoms with Gasteiger partial charge in [0.05, 0.1) is 0 Å². The fourth-order valence-corrected chi connectivity index (χ4v) is 5.86. The van der Waals surface area contributed by atoms with Crippen LogP contribution in [0.15, 0.2) is 33.2 Å². The van der Waals surface area contributed by atoms with E-state index in [0.717, 1.165) is 0 Å². The molecule has 0 fully saturated rings. The summed E-state index contributed by atoms with van der Waals surface area (Å²) in [6, 6.07) is 8.95. The van der Waals surface area contributed by atoms with Gasteiger partial charge in [-0.3, -0.25) is 0 Å². The molecule has 0 bridgehead atoms. The van der Waals surface area contributed by atoms with Crippen molar-refractivity contribution < 1.29 is 0 Å². The van der Waals surface area contributed by atoms with Crippen LogP contribution in [0, 0.1) is 27.7 Å². The summed E-state index contributed by atoms with van der Waals surface area (Å²) >= 11 is 11.1. The number of hydrogen-bond donors (Lipinski definition) is 0. The van der Waals surface area contributed by atoms with E-state index in [-0.39, 0.29) is 0 Å². The van der Waals surface area contributed by atoms with Crippen LogP contribution in [0.4, 0.5) is 0 Å². The lowest BCUT2D eigenvalue weighted by atomic mass is 10.1. The Labute approximate surface area is 156 Å². The highest BCUT2D eigenvalue weighted by molar-refractivity contribution is 9.11. The molecule has 0 aliphatic heterocycles. The summed E-state index contributed by atoms with van der Waals surface area (Å²) in [6.45, 7) is 8.69. The maximum Gasteiger partial charge on any atom is 0.0386 e. The van der Waals surface area contributed by atoms with E-state index in [4.69, 9.17) is 0 Å². The lowest BCUT2D eigenvalue weighted by Crippen LogP contribution is -1.80. The molecule has 0 unspecified atom stereocenters. The Morgan fingerprint density at radius 3 is 1.18 bits per heavy atom. The van der Waals surface area contributed by atoms with Gasteiger partial charge < -0.3 is 0 Å². The van der Waals surface area contributed by atoms with E-state index in [1.165, 1.54) is 50.7 Å². The maximum atomic E-state index is 3.68. The SMILES string of the molecule is Cc1sc(-c2ccc(-c3sc(C)c(Br)c3C)cc2)c(C)c1Br. The van der Waals surface area contributed by atoms with Crippen LogP contribution in [-0.2, 0) is 0 Å². The largest absolute Gasteiger partial charge is 0.139 e. The van der Waals surface area contributed by atoms with Crippen LogP contribution in [-0.4, -0.2) is 0 Å². The Morgan fingerprint density at radius 1 is 0.636 bits per heavy atom. The minimum absolute atomic E-state index is 1.24. The molecule has 4 heteroatoms. The summed E-state index contributed by atoms with van der Waals surface area (Å²) in [5.74, 6) is 0. The molecule has 3 rings (SSSR count). The predicted octanol–water partition coefficient (Wildman–Crippen LogP) is 7.90. The third-order valence-corrected chi connectivity index (χ3v) is 9.29. The third-order valence-electron chi connectivity index (χ3n) is 3.88. The van der Waals surface area contributed by atoms with E-state index in [0.29, 0.717) is 0 Å². The van der Waals surface area contributed by atoms with Gasteiger partial charge in [0, 0.05) is 28.5 Å². The molecular weight excluding hydrogens is 440 g/mol. The first-order chi connectivity index (χ1) is 10.4. The highest BCUT2D eigenvalue weighted by Crippen LogP contribution is 2.41. The Kier molecular flexibility index (Phi) is 4.66. The Balaban J connectivity index is 2.02. The second-order valence-corrected chi connectivity index (χ2v) is 9.47. The van der Waals surface area contributed by atoms with Crippen LogP contribution in [0.1, 0.15) is 20.9 Å². The molecule has 1 aromatic carbocycles. The number of hydrogen-bond acceptors (Lipinski definition) is 2. The van der Waals surface area contributed by atoms with Crippen molar-refractivity contribution >= 4 is 54.5 Å². The molecule has 3 aromatic rings. The maximum absolute atomic E-state index is 3.68. The molecule has 0 saturated carbocycles. The molecule has 0 spiro atoms. The standard InChI is InChI=1S/C18H16Br2S2/c1-9-15(19)11(3)21-17(9)13-5-7-14(8-6-13)18-10(2)16(20)12(4)22-18/h5-8H,1-4H3. The topological polar surface area (TPSA) is 0 Å². The van der Waals surface area contributed by atoms with Crippen LogP contribution >= 0.6 is 54.5 Å². The number of rotatable bonds is 2. The van der Waals surface area contributed by atoms with E-state index in [1.54, 1.807) is 0 Å². The van der Waals surface area contributed by atoms with Gasteiger partial charge >= 0.3 is 0 Å². The summed E-state index contributed by atoms with van der Waals surface area (Å²) in [4.78, 5) is 5.39. The first-order valence-corrected chi connectivity index (χ1v) is 10.2. The van der Waals surface area contributed by atoms with Gasteiger partial charge in [-0.2, -0.15) is 0 Å². The number of aryl methyl sites for hydroxylation is 2. The van der Waals surface area contributed by atoms with Gasteiger partial charge in [-0.05, 0) is 81.8 Å². The van der Waals surface area contributed by atoms with Crippen molar-refractivity contribution in [2.75, 3.05) is 0 Å². The van der Waals surface area contributed by atoms with Crippen molar-refractivity contribution in [1.29, 1.82) is 0 Å². The summed E-state index contributed by atoms with van der Waals surface area (Å²) < 4.78 is 2.48. The zero-order valence-electron chi connectivity index (χ0n) is 12.9. The van der Waals surface area contributed by atoms with E-state index in [9.17, 15) is 0 Å². The van der Waals surface area contributed by atoms with Crippen molar-refractivity contribution in [2.45, 2.75) is 27.7 Å². The van der Waals surface area contributed by atoms with Crippen molar-refractivity contribution in [3.63, 3.8) is 0 Å². The van der Waals surface area contributed by atoms with Crippen molar-refractivity contribution in [1.82, 2.24) is 0 Å². The average Bonchev–Trinajstić information content (AvgIpc) is 2.92. The number of thiophene rings is 2. The molecule has 0 aliphatic rings. The molecule has 0 aliphatic carbocycles. The van der Waals surface area contributed by atoms with Crippen LogP contribution < -0.4 is 0 Å². The van der Waals surface area contributed by atoms with Gasteiger partial charge in [0.2, 0.25) is 0 Å². The zero-order chi connectivity index (χ0) is 16.0. The van der Waals surface area contributed by atoms with Gasteiger partial charge in [0.15, 0.2) is 0 Å². The van der Waals surface area contributed by atoms with E-state index in [2.05, 4.69) is 83.8 Å². The van der Waals surface area contributed by atoms with Crippen LogP contribution in [0.5, 0.6) is 0 Å². The molecular formula is C18H16Br2S2. The fourth-order valence-electron chi connectivity index (χ4n) is 2.60. The molecule has 2 aromatic heterocycles. The normalized spacial score (nSPS) is 11.2. The van der Waals surface area contributed by atoms with E-state index in [1.807, 2.05) is 22.7 Å². The molecule has 0 saturated heterocycles. The van der Waals surface area contributed by atoms with Gasteiger partial charge in [0.25, 0.3) is 0 Å². The second-order valence-electron chi connectivity index (χ2n) is 5.43. The number of benzene rings is 1. The summed E-state index contributed by atoms with van der Waals surface area (Å²) in [7, 11) is 0. The Hall–Kier alpha value is -0.420. The first kappa shape index (κ1) is 16.4. The first-order valence-electron chi connectivity index (χ1n) is 7.02. The molecule has 0 amide bonds. The number of halogens is 2. The quantitative estimate of drug-likeness (QED) is 0.368. The van der Waals surface area contributed by atoms with Crippen LogP contribution in [0.2, 0.25) is 0 Å². The summed E-state index contributed by atoms with van der Waals surface area (Å²) in [6.07, 6.45) is 0. The molecule has 114 valence electrons. The fraction of sp³-hybridized carbons (Fsp3) is 0.222. The van der Waals surface area contributed by atoms with Gasteiger partial charge in [-0.25, -0.2) is 0 Å². The summed E-state index contributed by atoms with van der Waals surface area (Å²) in [5, 5.41) is 0. The molecule has 22 heavy (non-hydrogen) atoms. The highest BCUT2D eigenvalue weighted by Gasteiger charge is 2.14. The van der Waals surface area contributed by atoms with Gasteiger partial charge in [-0.15, -0.1) is 22.7 Å². The minimum atomic E-state index is 1.24. The van der Waals surface area contributed by atoms with Crippen molar-refractivity contribution in [3.8, 4) is 20.9 Å². The van der Waals surface area contributed by atoms with Crippen molar-refractivity contribution in [2.24, 2.45) is 0 Å². The highest BCUT2D eigenvalue weighted by atomic mass is 79.9. The average molecular weight is 456 g/mol. The lowest BCUT2D eigenvalue weighted by Gasteiger charge is -2.04. The molecule has 2 heterocycles. The Bertz CT molecular complexity index is 768.